The molecule has 3 nitrogen and oxygen atoms in total. The zero-order chi connectivity index (χ0) is 6.57. The average Bonchev–Trinajstić information content (AvgIpc) is 1.67. The van der Waals surface area contributed by atoms with E-state index in [9.17, 15) is 0 Å². The van der Waals surface area contributed by atoms with Gasteiger partial charge in [-0.25, -0.2) is 0 Å². The third-order valence-electron chi connectivity index (χ3n) is 0.831. The molecule has 0 aliphatic heterocycles. The molecule has 0 aromatic carbocycles. The zero-order valence-electron chi connectivity index (χ0n) is 4.67. The van der Waals surface area contributed by atoms with Gasteiger partial charge in [-0.15, -0.1) is 0 Å². The Morgan fingerprint density at radius 2 is 2.12 bits per heavy atom. The molecule has 0 spiro atoms. The Bertz CT molecular complexity index is 84.1. The molecule has 0 aliphatic rings. The van der Waals surface area contributed by atoms with Crippen molar-refractivity contribution in [1.82, 2.24) is 0 Å². The maximum Gasteiger partial charge on any atom is 0.345 e. The number of hydrogen-bond donors (Lipinski definition) is 3. The molecule has 0 saturated heterocycles. The van der Waals surface area contributed by atoms with Gasteiger partial charge in [-0.3, -0.25) is 0 Å². The fraction of sp³-hybridized carbons (Fsp3) is 0.500. The van der Waals surface area contributed by atoms with Crippen LogP contribution in [0.1, 0.15) is 6.42 Å². The standard InChI is InChI=1S/C4H11NO2Si/c1-4(2-3-5)8(6)7/h6-8H,1-3,5H2. The van der Waals surface area contributed by atoms with Crippen molar-refractivity contribution in [1.29, 1.82) is 0 Å². The van der Waals surface area contributed by atoms with Crippen molar-refractivity contribution in [3.63, 3.8) is 0 Å². The fourth-order valence-electron chi connectivity index (χ4n) is 0.314. The Morgan fingerprint density at radius 3 is 2.25 bits per heavy atom. The minimum absolute atomic E-state index is 0.448. The lowest BCUT2D eigenvalue weighted by Crippen LogP contribution is -2.17. The highest BCUT2D eigenvalue weighted by Gasteiger charge is 2.04. The van der Waals surface area contributed by atoms with Gasteiger partial charge in [0.15, 0.2) is 0 Å². The number of rotatable bonds is 3. The van der Waals surface area contributed by atoms with Gasteiger partial charge in [0.1, 0.15) is 0 Å². The van der Waals surface area contributed by atoms with Crippen LogP contribution in [0.5, 0.6) is 0 Å². The fourth-order valence-corrected chi connectivity index (χ4v) is 0.739. The quantitative estimate of drug-likeness (QED) is 0.416. The Balaban J connectivity index is 3.33. The SMILES string of the molecule is C=C(CCN)[SiH](O)O. The molecule has 0 rings (SSSR count). The third kappa shape index (κ3) is 2.92. The summed E-state index contributed by atoms with van der Waals surface area (Å²) in [5, 5.41) is 0.507. The van der Waals surface area contributed by atoms with Crippen molar-refractivity contribution in [2.24, 2.45) is 5.73 Å². The lowest BCUT2D eigenvalue weighted by atomic mass is 10.4. The second-order valence-corrected chi connectivity index (χ2v) is 3.13. The predicted octanol–water partition coefficient (Wildman–Crippen LogP) is -1.36. The smallest absolute Gasteiger partial charge is 0.345 e. The molecule has 48 valence electrons. The van der Waals surface area contributed by atoms with Crippen LogP contribution in [0, 0.1) is 0 Å². The molecule has 0 radical (unpaired) electrons. The Labute approximate surface area is 50.3 Å². The maximum absolute atomic E-state index is 8.49. The van der Waals surface area contributed by atoms with Crippen molar-refractivity contribution >= 4 is 9.28 Å². The van der Waals surface area contributed by atoms with E-state index in [1.807, 2.05) is 0 Å². The van der Waals surface area contributed by atoms with Gasteiger partial charge in [-0.05, 0) is 18.2 Å². The first kappa shape index (κ1) is 7.84. The highest BCUT2D eigenvalue weighted by atomic mass is 28.3. The molecular weight excluding hydrogens is 122 g/mol. The molecule has 4 heteroatoms. The topological polar surface area (TPSA) is 66.5 Å². The van der Waals surface area contributed by atoms with E-state index in [0.29, 0.717) is 18.2 Å². The summed E-state index contributed by atoms with van der Waals surface area (Å²) in [5.74, 6) is 0. The highest BCUT2D eigenvalue weighted by Crippen LogP contribution is 1.94. The number of hydrogen-bond acceptors (Lipinski definition) is 3. The first-order chi connectivity index (χ1) is 3.68. The molecule has 0 aliphatic carbocycles. The molecule has 0 heterocycles. The van der Waals surface area contributed by atoms with Crippen LogP contribution in [-0.2, 0) is 0 Å². The summed E-state index contributed by atoms with van der Waals surface area (Å²) in [6, 6.07) is 0. The Kier molecular flexibility index (Phi) is 3.72. The second-order valence-electron chi connectivity index (χ2n) is 1.57. The van der Waals surface area contributed by atoms with Crippen molar-refractivity contribution in [2.45, 2.75) is 6.42 Å². The first-order valence-electron chi connectivity index (χ1n) is 2.42. The summed E-state index contributed by atoms with van der Waals surface area (Å²) in [4.78, 5) is 17.0. The minimum Gasteiger partial charge on any atom is -0.410 e. The largest absolute Gasteiger partial charge is 0.410 e. The van der Waals surface area contributed by atoms with Crippen LogP contribution in [0.15, 0.2) is 11.8 Å². The van der Waals surface area contributed by atoms with Gasteiger partial charge in [0.2, 0.25) is 0 Å². The van der Waals surface area contributed by atoms with Crippen LogP contribution >= 0.6 is 0 Å². The third-order valence-corrected chi connectivity index (χ3v) is 1.85. The van der Waals surface area contributed by atoms with Crippen molar-refractivity contribution in [2.75, 3.05) is 6.54 Å². The summed E-state index contributed by atoms with van der Waals surface area (Å²) >= 11 is 0. The van der Waals surface area contributed by atoms with Crippen LogP contribution in [0.2, 0.25) is 0 Å². The van der Waals surface area contributed by atoms with E-state index in [4.69, 9.17) is 15.3 Å². The monoisotopic (exact) mass is 133 g/mol. The highest BCUT2D eigenvalue weighted by molar-refractivity contribution is 6.50. The lowest BCUT2D eigenvalue weighted by Gasteiger charge is -2.00. The maximum atomic E-state index is 8.49. The van der Waals surface area contributed by atoms with Crippen LogP contribution in [-0.4, -0.2) is 25.4 Å². The van der Waals surface area contributed by atoms with E-state index in [0.717, 1.165) is 0 Å². The second kappa shape index (κ2) is 3.79. The van der Waals surface area contributed by atoms with E-state index >= 15 is 0 Å². The van der Waals surface area contributed by atoms with Crippen LogP contribution < -0.4 is 5.73 Å². The molecule has 0 bridgehead atoms. The minimum atomic E-state index is -2.56. The molecule has 4 N–H and O–H groups in total. The molecular formula is C4H11NO2Si. The van der Waals surface area contributed by atoms with Crippen molar-refractivity contribution in [3.05, 3.63) is 11.8 Å². The predicted molar refractivity (Wildman–Crippen MR) is 34.4 cm³/mol. The Hall–Kier alpha value is -0.163. The first-order valence-corrected chi connectivity index (χ1v) is 4.03. The summed E-state index contributed by atoms with van der Waals surface area (Å²) in [6.45, 7) is 3.87. The summed E-state index contributed by atoms with van der Waals surface area (Å²) < 4.78 is 0. The zero-order valence-corrected chi connectivity index (χ0v) is 5.83. The Morgan fingerprint density at radius 1 is 1.62 bits per heavy atom. The van der Waals surface area contributed by atoms with Crippen LogP contribution in [0.3, 0.4) is 0 Å². The molecule has 0 atom stereocenters. The van der Waals surface area contributed by atoms with E-state index in [2.05, 4.69) is 6.58 Å². The van der Waals surface area contributed by atoms with Gasteiger partial charge in [-0.2, -0.15) is 0 Å². The van der Waals surface area contributed by atoms with Crippen molar-refractivity contribution < 1.29 is 9.59 Å². The van der Waals surface area contributed by atoms with Gasteiger partial charge in [0, 0.05) is 0 Å². The normalized spacial score (nSPS) is 10.0. The number of nitrogens with two attached hydrogens (primary N) is 1. The summed E-state index contributed by atoms with van der Waals surface area (Å²) in [6.07, 6.45) is 0.532. The van der Waals surface area contributed by atoms with E-state index in [-0.39, 0.29) is 0 Å². The molecule has 0 unspecified atom stereocenters. The average molecular weight is 133 g/mol. The van der Waals surface area contributed by atoms with E-state index in [1.54, 1.807) is 0 Å². The van der Waals surface area contributed by atoms with Gasteiger partial charge >= 0.3 is 9.28 Å². The molecule has 0 aromatic rings. The van der Waals surface area contributed by atoms with E-state index in [1.165, 1.54) is 0 Å². The van der Waals surface area contributed by atoms with Gasteiger partial charge in [0.05, 0.1) is 0 Å². The van der Waals surface area contributed by atoms with Gasteiger partial charge in [0.25, 0.3) is 0 Å². The molecule has 0 amide bonds. The van der Waals surface area contributed by atoms with Crippen molar-refractivity contribution in [3.8, 4) is 0 Å². The summed E-state index contributed by atoms with van der Waals surface area (Å²) in [7, 11) is -2.56. The molecule has 8 heavy (non-hydrogen) atoms. The van der Waals surface area contributed by atoms with Crippen LogP contribution in [0.4, 0.5) is 0 Å². The summed E-state index contributed by atoms with van der Waals surface area (Å²) in [5.41, 5.74) is 5.11. The van der Waals surface area contributed by atoms with Gasteiger partial charge < -0.3 is 15.3 Å². The lowest BCUT2D eigenvalue weighted by molar-refractivity contribution is 0.417. The molecule has 0 saturated carbocycles. The van der Waals surface area contributed by atoms with E-state index < -0.39 is 9.28 Å². The molecule has 0 aromatic heterocycles. The molecule has 0 fully saturated rings. The van der Waals surface area contributed by atoms with Gasteiger partial charge in [-0.1, -0.05) is 6.58 Å². The van der Waals surface area contributed by atoms with Crippen LogP contribution in [0.25, 0.3) is 0 Å².